The van der Waals surface area contributed by atoms with Gasteiger partial charge in [-0.2, -0.15) is 13.2 Å². The van der Waals surface area contributed by atoms with Crippen LogP contribution in [0.3, 0.4) is 0 Å². The number of halogens is 3. The smallest absolute Gasteiger partial charge is 0.416 e. The molecule has 8 nitrogen and oxygen atoms in total. The van der Waals surface area contributed by atoms with Crippen LogP contribution < -0.4 is 5.32 Å². The molecule has 0 atom stereocenters. The molecular formula is C31H30F3N5O3. The second-order valence-corrected chi connectivity index (χ2v) is 10.4. The van der Waals surface area contributed by atoms with E-state index >= 15 is 0 Å². The van der Waals surface area contributed by atoms with Crippen LogP contribution in [-0.4, -0.2) is 65.6 Å². The molecule has 0 spiro atoms. The summed E-state index contributed by atoms with van der Waals surface area (Å²) < 4.78 is 45.7. The molecule has 42 heavy (non-hydrogen) atoms. The predicted octanol–water partition coefficient (Wildman–Crippen LogP) is 5.33. The molecule has 1 aliphatic rings. The van der Waals surface area contributed by atoms with Crippen molar-refractivity contribution in [3.63, 3.8) is 0 Å². The zero-order valence-corrected chi connectivity index (χ0v) is 23.2. The second kappa shape index (κ2) is 12.2. The fraction of sp³-hybridized carbons (Fsp3) is 0.290. The molecule has 0 bridgehead atoms. The molecule has 1 saturated heterocycles. The van der Waals surface area contributed by atoms with Crippen LogP contribution >= 0.6 is 0 Å². The molecule has 1 aromatic heterocycles. The quantitative estimate of drug-likeness (QED) is 0.299. The standard InChI is InChI=1S/C31H30F3N5O3/c1-38(2)29(40)19-42-30(41)25-15-24(21-5-3-20(4-6-21)22-11-13-35-14-12-22)16-27(17-25)39-18-28(36-37-39)23-7-9-26(10-8-23)31(32,33)34/h3-10,15-18,22,35H,11-14,19H2,1-2H3. The van der Waals surface area contributed by atoms with Crippen LogP contribution in [0.4, 0.5) is 13.2 Å². The summed E-state index contributed by atoms with van der Waals surface area (Å²) in [6.07, 6.45) is -0.717. The molecule has 11 heteroatoms. The van der Waals surface area contributed by atoms with Crippen molar-refractivity contribution in [2.75, 3.05) is 33.8 Å². The number of nitrogens with zero attached hydrogens (tertiary/aromatic N) is 4. The molecule has 4 aromatic rings. The Hall–Kier alpha value is -4.51. The minimum atomic E-state index is -4.44. The van der Waals surface area contributed by atoms with E-state index in [-0.39, 0.29) is 11.5 Å². The number of piperidine rings is 1. The van der Waals surface area contributed by atoms with E-state index in [1.807, 2.05) is 18.2 Å². The summed E-state index contributed by atoms with van der Waals surface area (Å²) >= 11 is 0. The number of ether oxygens (including phenoxy) is 1. The van der Waals surface area contributed by atoms with Gasteiger partial charge in [0.2, 0.25) is 0 Å². The molecule has 2 heterocycles. The lowest BCUT2D eigenvalue weighted by Gasteiger charge is -2.23. The van der Waals surface area contributed by atoms with E-state index < -0.39 is 24.3 Å². The first-order chi connectivity index (χ1) is 20.1. The summed E-state index contributed by atoms with van der Waals surface area (Å²) in [5.74, 6) is -0.543. The summed E-state index contributed by atoms with van der Waals surface area (Å²) in [4.78, 5) is 26.3. The minimum Gasteiger partial charge on any atom is -0.452 e. The molecule has 0 radical (unpaired) electrons. The number of esters is 1. The maximum Gasteiger partial charge on any atom is 0.416 e. The highest BCUT2D eigenvalue weighted by Crippen LogP contribution is 2.32. The van der Waals surface area contributed by atoms with Crippen LogP contribution in [0.2, 0.25) is 0 Å². The first kappa shape index (κ1) is 29.0. The number of hydrogen-bond donors (Lipinski definition) is 1. The van der Waals surface area contributed by atoms with Gasteiger partial charge in [0.15, 0.2) is 6.61 Å². The van der Waals surface area contributed by atoms with Gasteiger partial charge in [0.1, 0.15) is 5.69 Å². The van der Waals surface area contributed by atoms with Gasteiger partial charge in [-0.1, -0.05) is 41.6 Å². The highest BCUT2D eigenvalue weighted by molar-refractivity contribution is 5.93. The average Bonchev–Trinajstić information content (AvgIpc) is 3.50. The lowest BCUT2D eigenvalue weighted by molar-refractivity contribution is -0.137. The van der Waals surface area contributed by atoms with Gasteiger partial charge in [0.05, 0.1) is 23.0 Å². The molecule has 1 aliphatic heterocycles. The number of alkyl halides is 3. The molecule has 218 valence electrons. The van der Waals surface area contributed by atoms with Crippen molar-refractivity contribution in [1.29, 1.82) is 0 Å². The molecular weight excluding hydrogens is 547 g/mol. The minimum absolute atomic E-state index is 0.211. The Kier molecular flexibility index (Phi) is 8.39. The van der Waals surface area contributed by atoms with Crippen LogP contribution in [-0.2, 0) is 15.7 Å². The van der Waals surface area contributed by atoms with E-state index in [2.05, 4.69) is 27.8 Å². The lowest BCUT2D eigenvalue weighted by Crippen LogP contribution is -2.27. The van der Waals surface area contributed by atoms with Crippen molar-refractivity contribution in [2.24, 2.45) is 0 Å². The van der Waals surface area contributed by atoms with Crippen LogP contribution in [0.15, 0.2) is 72.9 Å². The number of carbonyl (C=O) groups is 2. The summed E-state index contributed by atoms with van der Waals surface area (Å²) in [7, 11) is 3.14. The Labute approximate surface area is 241 Å². The number of carbonyl (C=O) groups excluding carboxylic acids is 2. The Morgan fingerprint density at radius 2 is 1.62 bits per heavy atom. The van der Waals surface area contributed by atoms with Gasteiger partial charge in [0.25, 0.3) is 5.91 Å². The van der Waals surface area contributed by atoms with Crippen molar-refractivity contribution in [1.82, 2.24) is 25.2 Å². The highest BCUT2D eigenvalue weighted by atomic mass is 19.4. The third kappa shape index (κ3) is 6.68. The van der Waals surface area contributed by atoms with Gasteiger partial charge < -0.3 is 15.0 Å². The van der Waals surface area contributed by atoms with Crippen LogP contribution in [0, 0.1) is 0 Å². The fourth-order valence-electron chi connectivity index (χ4n) is 4.82. The fourth-order valence-corrected chi connectivity index (χ4v) is 4.82. The van der Waals surface area contributed by atoms with Crippen LogP contribution in [0.1, 0.15) is 40.2 Å². The molecule has 0 saturated carbocycles. The van der Waals surface area contributed by atoms with Gasteiger partial charge in [-0.25, -0.2) is 9.48 Å². The second-order valence-electron chi connectivity index (χ2n) is 10.4. The lowest BCUT2D eigenvalue weighted by atomic mass is 9.89. The third-order valence-electron chi connectivity index (χ3n) is 7.30. The normalized spacial score (nSPS) is 14.0. The highest BCUT2D eigenvalue weighted by Gasteiger charge is 2.30. The predicted molar refractivity (Wildman–Crippen MR) is 151 cm³/mol. The van der Waals surface area contributed by atoms with Gasteiger partial charge in [0, 0.05) is 19.7 Å². The average molecular weight is 578 g/mol. The van der Waals surface area contributed by atoms with Gasteiger partial charge in [-0.15, -0.1) is 5.10 Å². The van der Waals surface area contributed by atoms with E-state index in [0.29, 0.717) is 22.9 Å². The number of rotatable bonds is 7. The first-order valence-corrected chi connectivity index (χ1v) is 13.5. The number of likely N-dealkylation sites (N-methyl/N-ethyl adjacent to an activating group) is 1. The maximum absolute atomic E-state index is 13.0. The Bertz CT molecular complexity index is 1560. The van der Waals surface area contributed by atoms with Crippen molar-refractivity contribution in [2.45, 2.75) is 24.9 Å². The van der Waals surface area contributed by atoms with E-state index in [1.165, 1.54) is 27.3 Å². The number of hydrogen-bond acceptors (Lipinski definition) is 6. The van der Waals surface area contributed by atoms with E-state index in [0.717, 1.165) is 49.2 Å². The van der Waals surface area contributed by atoms with E-state index in [9.17, 15) is 22.8 Å². The van der Waals surface area contributed by atoms with Gasteiger partial charge in [-0.3, -0.25) is 4.79 Å². The largest absolute Gasteiger partial charge is 0.452 e. The number of aromatic nitrogens is 3. The summed E-state index contributed by atoms with van der Waals surface area (Å²) in [5, 5.41) is 11.7. The van der Waals surface area contributed by atoms with E-state index in [1.54, 1.807) is 32.4 Å². The van der Waals surface area contributed by atoms with Gasteiger partial charge >= 0.3 is 12.1 Å². The zero-order chi connectivity index (χ0) is 29.9. The topological polar surface area (TPSA) is 89.4 Å². The first-order valence-electron chi connectivity index (χ1n) is 13.5. The van der Waals surface area contributed by atoms with Crippen molar-refractivity contribution in [3.05, 3.63) is 89.6 Å². The van der Waals surface area contributed by atoms with Crippen molar-refractivity contribution in [3.8, 4) is 28.1 Å². The molecule has 0 aliphatic carbocycles. The monoisotopic (exact) mass is 577 g/mol. The molecule has 3 aromatic carbocycles. The molecule has 0 unspecified atom stereocenters. The molecule has 1 amide bonds. The number of benzene rings is 3. The molecule has 1 fully saturated rings. The van der Waals surface area contributed by atoms with E-state index in [4.69, 9.17) is 4.74 Å². The maximum atomic E-state index is 13.0. The molecule has 5 rings (SSSR count). The third-order valence-corrected chi connectivity index (χ3v) is 7.30. The summed E-state index contributed by atoms with van der Waals surface area (Å²) in [6, 6.07) is 18.0. The summed E-state index contributed by atoms with van der Waals surface area (Å²) in [6.45, 7) is 1.57. The Morgan fingerprint density at radius 1 is 0.952 bits per heavy atom. The van der Waals surface area contributed by atoms with Gasteiger partial charge in [-0.05, 0) is 78.9 Å². The SMILES string of the molecule is CN(C)C(=O)COC(=O)c1cc(-c2ccc(C3CCNCC3)cc2)cc(-n2cc(-c3ccc(C(F)(F)F)cc3)nn2)c1. The van der Waals surface area contributed by atoms with Crippen molar-refractivity contribution < 1.29 is 27.5 Å². The number of amides is 1. The van der Waals surface area contributed by atoms with Crippen molar-refractivity contribution >= 4 is 11.9 Å². The summed E-state index contributed by atoms with van der Waals surface area (Å²) in [5.41, 5.74) is 3.62. The van der Waals surface area contributed by atoms with Crippen LogP contribution in [0.25, 0.3) is 28.1 Å². The molecule has 1 N–H and O–H groups in total. The van der Waals surface area contributed by atoms with Crippen LogP contribution in [0.5, 0.6) is 0 Å². The number of nitrogens with one attached hydrogen (secondary N) is 1. The zero-order valence-electron chi connectivity index (χ0n) is 23.2. The Balaban J connectivity index is 1.47. The Morgan fingerprint density at radius 3 is 2.26 bits per heavy atom.